The van der Waals surface area contributed by atoms with Gasteiger partial charge in [-0.3, -0.25) is 0 Å². The molecule has 0 aliphatic rings. The van der Waals surface area contributed by atoms with Gasteiger partial charge < -0.3 is 4.74 Å². The first-order chi connectivity index (χ1) is 9.48. The summed E-state index contributed by atoms with van der Waals surface area (Å²) in [7, 11) is 0. The minimum Gasteiger partial charge on any atom is -0.493 e. The minimum atomic E-state index is 0.210. The molecule has 0 aliphatic carbocycles. The summed E-state index contributed by atoms with van der Waals surface area (Å²) in [5.74, 6) is 1.87. The largest absolute Gasteiger partial charge is 0.493 e. The van der Waals surface area contributed by atoms with Crippen LogP contribution in [0.1, 0.15) is 50.7 Å². The van der Waals surface area contributed by atoms with Crippen LogP contribution < -0.4 is 4.74 Å². The Kier molecular flexibility index (Phi) is 7.46. The zero-order valence-corrected chi connectivity index (χ0v) is 15.6. The third-order valence-electron chi connectivity index (χ3n) is 3.85. The topological polar surface area (TPSA) is 9.23 Å². The Balaban J connectivity index is 2.81. The molecular formula is C17H27BrOS. The number of benzene rings is 1. The molecular weight excluding hydrogens is 332 g/mol. The molecule has 3 heteroatoms. The summed E-state index contributed by atoms with van der Waals surface area (Å²) in [6.45, 7) is 9.45. The first kappa shape index (κ1) is 17.9. The number of ether oxygens (including phenoxy) is 1. The van der Waals surface area contributed by atoms with Gasteiger partial charge in [-0.1, -0.05) is 42.6 Å². The first-order valence-corrected chi connectivity index (χ1v) is 8.91. The van der Waals surface area contributed by atoms with Crippen LogP contribution in [-0.4, -0.2) is 12.4 Å². The zero-order valence-electron chi connectivity index (χ0n) is 13.1. The fourth-order valence-electron chi connectivity index (χ4n) is 2.76. The molecule has 1 aromatic carbocycles. The molecule has 0 unspecified atom stereocenters. The van der Waals surface area contributed by atoms with Crippen molar-refractivity contribution in [3.63, 3.8) is 0 Å². The van der Waals surface area contributed by atoms with Gasteiger partial charge in [0.1, 0.15) is 5.75 Å². The van der Waals surface area contributed by atoms with E-state index in [1.807, 2.05) is 0 Å². The normalized spacial score (nSPS) is 11.7. The van der Waals surface area contributed by atoms with Crippen molar-refractivity contribution in [1.29, 1.82) is 0 Å². The average molecular weight is 359 g/mol. The van der Waals surface area contributed by atoms with E-state index in [0.717, 1.165) is 18.1 Å². The van der Waals surface area contributed by atoms with Crippen molar-refractivity contribution < 1.29 is 4.74 Å². The van der Waals surface area contributed by atoms with Gasteiger partial charge in [-0.2, -0.15) is 12.6 Å². The summed E-state index contributed by atoms with van der Waals surface area (Å²) in [6.07, 6.45) is 4.72. The summed E-state index contributed by atoms with van der Waals surface area (Å²) in [5, 5.41) is 0. The molecule has 0 aromatic heterocycles. The summed E-state index contributed by atoms with van der Waals surface area (Å²) in [6, 6.07) is 4.22. The van der Waals surface area contributed by atoms with Crippen LogP contribution in [0.4, 0.5) is 0 Å². The highest BCUT2D eigenvalue weighted by Gasteiger charge is 2.28. The molecule has 0 radical (unpaired) electrons. The van der Waals surface area contributed by atoms with Gasteiger partial charge in [0.25, 0.3) is 0 Å². The molecule has 0 fully saturated rings. The van der Waals surface area contributed by atoms with E-state index in [1.54, 1.807) is 0 Å². The summed E-state index contributed by atoms with van der Waals surface area (Å²) >= 11 is 8.18. The molecule has 0 bridgehead atoms. The SMILES string of the molecule is CCCC(CS)(CCC)COc1cc(C)c(Br)c(C)c1. The third-order valence-corrected chi connectivity index (χ3v) is 5.77. The van der Waals surface area contributed by atoms with Crippen molar-refractivity contribution in [3.8, 4) is 5.75 Å². The lowest BCUT2D eigenvalue weighted by molar-refractivity contribution is 0.143. The van der Waals surface area contributed by atoms with Crippen molar-refractivity contribution in [1.82, 2.24) is 0 Å². The van der Waals surface area contributed by atoms with Crippen LogP contribution in [0.25, 0.3) is 0 Å². The molecule has 0 spiro atoms. The van der Waals surface area contributed by atoms with Gasteiger partial charge in [0.05, 0.1) is 6.61 Å². The lowest BCUT2D eigenvalue weighted by atomic mass is 9.82. The van der Waals surface area contributed by atoms with Gasteiger partial charge in [-0.15, -0.1) is 0 Å². The van der Waals surface area contributed by atoms with E-state index >= 15 is 0 Å². The Labute approximate surface area is 138 Å². The Bertz CT molecular complexity index is 402. The van der Waals surface area contributed by atoms with E-state index in [4.69, 9.17) is 4.74 Å². The molecule has 114 valence electrons. The maximum Gasteiger partial charge on any atom is 0.119 e. The maximum atomic E-state index is 6.11. The van der Waals surface area contributed by atoms with Gasteiger partial charge in [0.15, 0.2) is 0 Å². The lowest BCUT2D eigenvalue weighted by Gasteiger charge is -2.32. The summed E-state index contributed by atoms with van der Waals surface area (Å²) < 4.78 is 7.29. The highest BCUT2D eigenvalue weighted by Crippen LogP contribution is 2.33. The van der Waals surface area contributed by atoms with Crippen LogP contribution in [0.3, 0.4) is 0 Å². The van der Waals surface area contributed by atoms with Gasteiger partial charge >= 0.3 is 0 Å². The smallest absolute Gasteiger partial charge is 0.119 e. The molecule has 0 saturated heterocycles. The molecule has 0 heterocycles. The Morgan fingerprint density at radius 1 is 1.10 bits per heavy atom. The van der Waals surface area contributed by atoms with E-state index in [9.17, 15) is 0 Å². The van der Waals surface area contributed by atoms with Crippen LogP contribution in [-0.2, 0) is 0 Å². The fraction of sp³-hybridized carbons (Fsp3) is 0.647. The number of hydrogen-bond acceptors (Lipinski definition) is 2. The minimum absolute atomic E-state index is 0.210. The van der Waals surface area contributed by atoms with Gasteiger partial charge in [-0.25, -0.2) is 0 Å². The van der Waals surface area contributed by atoms with Crippen molar-refractivity contribution in [2.75, 3.05) is 12.4 Å². The fourth-order valence-corrected chi connectivity index (χ4v) is 3.40. The van der Waals surface area contributed by atoms with Crippen molar-refractivity contribution in [2.45, 2.75) is 53.4 Å². The molecule has 0 N–H and O–H groups in total. The van der Waals surface area contributed by atoms with Crippen LogP contribution in [0.15, 0.2) is 16.6 Å². The summed E-state index contributed by atoms with van der Waals surface area (Å²) in [4.78, 5) is 0. The Hall–Kier alpha value is -0.150. The van der Waals surface area contributed by atoms with E-state index in [-0.39, 0.29) is 5.41 Å². The lowest BCUT2D eigenvalue weighted by Crippen LogP contribution is -2.30. The predicted molar refractivity (Wildman–Crippen MR) is 95.2 cm³/mol. The van der Waals surface area contributed by atoms with Crippen molar-refractivity contribution in [3.05, 3.63) is 27.7 Å². The van der Waals surface area contributed by atoms with E-state index in [0.29, 0.717) is 0 Å². The second-order valence-electron chi connectivity index (χ2n) is 5.82. The quantitative estimate of drug-likeness (QED) is 0.563. The third kappa shape index (κ3) is 4.70. The summed E-state index contributed by atoms with van der Waals surface area (Å²) in [5.41, 5.74) is 2.66. The molecule has 0 amide bonds. The average Bonchev–Trinajstić information content (AvgIpc) is 2.42. The number of aryl methyl sites for hydroxylation is 2. The monoisotopic (exact) mass is 358 g/mol. The number of halogens is 1. The second-order valence-corrected chi connectivity index (χ2v) is 6.93. The predicted octanol–water partition coefficient (Wildman–Crippen LogP) is 5.96. The highest BCUT2D eigenvalue weighted by atomic mass is 79.9. The van der Waals surface area contributed by atoms with Crippen LogP contribution in [0, 0.1) is 19.3 Å². The molecule has 1 rings (SSSR count). The molecule has 20 heavy (non-hydrogen) atoms. The van der Waals surface area contributed by atoms with Crippen molar-refractivity contribution in [2.24, 2.45) is 5.41 Å². The molecule has 0 aliphatic heterocycles. The van der Waals surface area contributed by atoms with Gasteiger partial charge in [0.2, 0.25) is 0 Å². The zero-order chi connectivity index (χ0) is 15.2. The Morgan fingerprint density at radius 2 is 1.60 bits per heavy atom. The highest BCUT2D eigenvalue weighted by molar-refractivity contribution is 9.10. The van der Waals surface area contributed by atoms with Crippen LogP contribution >= 0.6 is 28.6 Å². The van der Waals surface area contributed by atoms with E-state index in [2.05, 4.69) is 68.4 Å². The van der Waals surface area contributed by atoms with Gasteiger partial charge in [0, 0.05) is 9.89 Å². The van der Waals surface area contributed by atoms with E-state index < -0.39 is 0 Å². The standard InChI is InChI=1S/C17H27BrOS/c1-5-7-17(12-20,8-6-2)11-19-15-9-13(3)16(18)14(4)10-15/h9-10,20H,5-8,11-12H2,1-4H3. The number of thiol groups is 1. The molecule has 0 saturated carbocycles. The second kappa shape index (κ2) is 8.33. The van der Waals surface area contributed by atoms with E-state index in [1.165, 1.54) is 41.3 Å². The van der Waals surface area contributed by atoms with Crippen LogP contribution in [0.5, 0.6) is 5.75 Å². The molecule has 1 aromatic rings. The Morgan fingerprint density at radius 3 is 2.00 bits per heavy atom. The van der Waals surface area contributed by atoms with Crippen LogP contribution in [0.2, 0.25) is 0 Å². The first-order valence-electron chi connectivity index (χ1n) is 7.48. The van der Waals surface area contributed by atoms with Gasteiger partial charge in [-0.05, 0) is 55.7 Å². The van der Waals surface area contributed by atoms with Crippen molar-refractivity contribution >= 4 is 28.6 Å². The number of rotatable bonds is 8. The maximum absolute atomic E-state index is 6.11. The number of hydrogen-bond donors (Lipinski definition) is 1. The molecule has 0 atom stereocenters. The molecule has 1 nitrogen and oxygen atoms in total.